The van der Waals surface area contributed by atoms with Crippen LogP contribution in [0.3, 0.4) is 0 Å². The summed E-state index contributed by atoms with van der Waals surface area (Å²) in [7, 11) is 1.90. The van der Waals surface area contributed by atoms with Crippen molar-refractivity contribution in [3.8, 4) is 5.69 Å². The first-order chi connectivity index (χ1) is 18.7. The van der Waals surface area contributed by atoms with E-state index in [-0.39, 0.29) is 16.8 Å². The number of hydrogen-bond donors (Lipinski definition) is 1. The average Bonchev–Trinajstić information content (AvgIpc) is 3.47. The van der Waals surface area contributed by atoms with Gasteiger partial charge < -0.3 is 9.55 Å². The molecule has 2 aliphatic rings. The lowest BCUT2D eigenvalue weighted by molar-refractivity contribution is -0.136. The summed E-state index contributed by atoms with van der Waals surface area (Å²) in [6.07, 6.45) is 3.45. The molecule has 0 amide bonds. The number of pyridine rings is 1. The first-order valence-corrected chi connectivity index (χ1v) is 13.7. The standard InChI is InChI=1S/C29H33F3N6O/c1-18-6-5-11-37(14-18)15-21-13-23-24(29(30,31)32)16-38(28(39)26(23)34-21)22-10-4-9-20(12-22)25(19-7-3-8-19)27-35-33-17-36(27)2/h4,9-10,12-13,16-19,25,34H,3,5-8,11,14-15H2,1-2H3/t18-,25-/m0/s1. The van der Waals surface area contributed by atoms with Crippen LogP contribution in [0.25, 0.3) is 16.6 Å². The summed E-state index contributed by atoms with van der Waals surface area (Å²) in [5.41, 5.74) is 0.616. The number of aromatic amines is 1. The Morgan fingerprint density at radius 2 is 1.97 bits per heavy atom. The smallest absolute Gasteiger partial charge is 0.353 e. The van der Waals surface area contributed by atoms with Crippen molar-refractivity contribution in [2.45, 2.75) is 57.7 Å². The molecule has 1 aliphatic heterocycles. The zero-order chi connectivity index (χ0) is 27.3. The van der Waals surface area contributed by atoms with Gasteiger partial charge in [0.25, 0.3) is 5.56 Å². The molecule has 1 aliphatic carbocycles. The highest BCUT2D eigenvalue weighted by molar-refractivity contribution is 5.84. The molecule has 0 radical (unpaired) electrons. The molecule has 0 spiro atoms. The van der Waals surface area contributed by atoms with Gasteiger partial charge in [0.15, 0.2) is 0 Å². The SMILES string of the molecule is C[C@H]1CCCN(Cc2cc3c(C(F)(F)F)cn(-c4cccc([C@@H](c5nncn5C)C5CCC5)c4)c(=O)c3[nH]2)C1. The van der Waals surface area contributed by atoms with E-state index < -0.39 is 17.3 Å². The quantitative estimate of drug-likeness (QED) is 0.345. The van der Waals surface area contributed by atoms with Crippen LogP contribution >= 0.6 is 0 Å². The molecule has 4 aromatic rings. The average molecular weight is 539 g/mol. The van der Waals surface area contributed by atoms with E-state index in [1.807, 2.05) is 23.7 Å². The highest BCUT2D eigenvalue weighted by Crippen LogP contribution is 2.43. The lowest BCUT2D eigenvalue weighted by Gasteiger charge is -2.33. The van der Waals surface area contributed by atoms with Crippen LogP contribution in [-0.4, -0.2) is 42.3 Å². The van der Waals surface area contributed by atoms with Crippen LogP contribution in [0.4, 0.5) is 13.2 Å². The van der Waals surface area contributed by atoms with Crippen LogP contribution in [0.1, 0.15) is 67.6 Å². The number of benzene rings is 1. The number of aromatic nitrogens is 5. The minimum Gasteiger partial charge on any atom is -0.353 e. The number of halogens is 3. The number of likely N-dealkylation sites (tertiary alicyclic amines) is 1. The molecule has 0 bridgehead atoms. The van der Waals surface area contributed by atoms with Crippen molar-refractivity contribution in [2.75, 3.05) is 13.1 Å². The largest absolute Gasteiger partial charge is 0.418 e. The Hall–Kier alpha value is -3.40. The predicted octanol–water partition coefficient (Wildman–Crippen LogP) is 5.63. The molecule has 1 aromatic carbocycles. The van der Waals surface area contributed by atoms with E-state index in [0.29, 0.717) is 29.8 Å². The van der Waals surface area contributed by atoms with Crippen molar-refractivity contribution >= 4 is 10.9 Å². The summed E-state index contributed by atoms with van der Waals surface area (Å²) in [6, 6.07) is 8.77. The first kappa shape index (κ1) is 25.9. The molecule has 4 heterocycles. The van der Waals surface area contributed by atoms with Gasteiger partial charge in [0, 0.05) is 49.0 Å². The Bertz CT molecular complexity index is 1550. The molecule has 2 atom stereocenters. The van der Waals surface area contributed by atoms with Crippen LogP contribution in [0.15, 0.2) is 47.7 Å². The van der Waals surface area contributed by atoms with Gasteiger partial charge in [0.2, 0.25) is 0 Å². The Labute approximate surface area is 224 Å². The fourth-order valence-corrected chi connectivity index (χ4v) is 6.29. The number of nitrogens with zero attached hydrogens (tertiary/aromatic N) is 5. The van der Waals surface area contributed by atoms with Gasteiger partial charge in [-0.1, -0.05) is 25.5 Å². The van der Waals surface area contributed by atoms with Gasteiger partial charge in [-0.2, -0.15) is 13.2 Å². The van der Waals surface area contributed by atoms with Crippen molar-refractivity contribution in [3.63, 3.8) is 0 Å². The molecular formula is C29H33F3N6O. The van der Waals surface area contributed by atoms with Gasteiger partial charge in [-0.25, -0.2) is 0 Å². The van der Waals surface area contributed by atoms with Crippen molar-refractivity contribution in [3.05, 3.63) is 75.9 Å². The zero-order valence-electron chi connectivity index (χ0n) is 22.2. The van der Waals surface area contributed by atoms with E-state index in [2.05, 4.69) is 27.0 Å². The molecule has 6 rings (SSSR count). The molecule has 7 nitrogen and oxygen atoms in total. The first-order valence-electron chi connectivity index (χ1n) is 13.7. The van der Waals surface area contributed by atoms with Crippen molar-refractivity contribution in [2.24, 2.45) is 18.9 Å². The minimum atomic E-state index is -4.61. The number of piperidine rings is 1. The van der Waals surface area contributed by atoms with Crippen molar-refractivity contribution < 1.29 is 13.2 Å². The van der Waals surface area contributed by atoms with Gasteiger partial charge in [0.05, 0.1) is 5.56 Å². The van der Waals surface area contributed by atoms with E-state index in [9.17, 15) is 18.0 Å². The maximum atomic E-state index is 14.3. The number of hydrogen-bond acceptors (Lipinski definition) is 4. The lowest BCUT2D eigenvalue weighted by atomic mass is 9.72. The third-order valence-corrected chi connectivity index (χ3v) is 8.45. The Balaban J connectivity index is 1.43. The van der Waals surface area contributed by atoms with Crippen LogP contribution < -0.4 is 5.56 Å². The molecule has 1 N–H and O–H groups in total. The molecular weight excluding hydrogens is 505 g/mol. The molecule has 206 valence electrons. The Morgan fingerprint density at radius 3 is 2.64 bits per heavy atom. The van der Waals surface area contributed by atoms with Crippen LogP contribution in [0.5, 0.6) is 0 Å². The molecule has 10 heteroatoms. The molecule has 3 aromatic heterocycles. The lowest BCUT2D eigenvalue weighted by Crippen LogP contribution is -2.33. The minimum absolute atomic E-state index is 0.0147. The molecule has 2 fully saturated rings. The van der Waals surface area contributed by atoms with Gasteiger partial charge >= 0.3 is 6.18 Å². The molecule has 39 heavy (non-hydrogen) atoms. The Morgan fingerprint density at radius 1 is 1.15 bits per heavy atom. The third kappa shape index (κ3) is 4.90. The topological polar surface area (TPSA) is 71.7 Å². The fraction of sp³-hybridized carbons (Fsp3) is 0.483. The monoisotopic (exact) mass is 538 g/mol. The summed E-state index contributed by atoms with van der Waals surface area (Å²) < 4.78 is 45.9. The summed E-state index contributed by atoms with van der Waals surface area (Å²) in [5.74, 6) is 1.69. The highest BCUT2D eigenvalue weighted by Gasteiger charge is 2.36. The van der Waals surface area contributed by atoms with Gasteiger partial charge in [-0.3, -0.25) is 14.3 Å². The number of nitrogens with one attached hydrogen (secondary N) is 1. The number of H-pyrrole nitrogens is 1. The summed E-state index contributed by atoms with van der Waals surface area (Å²) in [4.78, 5) is 18.9. The second-order valence-electron chi connectivity index (χ2n) is 11.3. The third-order valence-electron chi connectivity index (χ3n) is 8.45. The summed E-state index contributed by atoms with van der Waals surface area (Å²) >= 11 is 0. The highest BCUT2D eigenvalue weighted by atomic mass is 19.4. The van der Waals surface area contributed by atoms with Crippen molar-refractivity contribution in [1.82, 2.24) is 29.2 Å². The predicted molar refractivity (Wildman–Crippen MR) is 143 cm³/mol. The van der Waals surface area contributed by atoms with E-state index in [1.165, 1.54) is 6.07 Å². The second kappa shape index (κ2) is 9.97. The van der Waals surface area contributed by atoms with E-state index in [1.54, 1.807) is 18.5 Å². The maximum Gasteiger partial charge on any atom is 0.418 e. The van der Waals surface area contributed by atoms with E-state index in [4.69, 9.17) is 0 Å². The normalized spacial score (nSPS) is 19.9. The van der Waals surface area contributed by atoms with E-state index >= 15 is 0 Å². The number of rotatable bonds is 6. The van der Waals surface area contributed by atoms with Crippen LogP contribution in [0, 0.1) is 11.8 Å². The van der Waals surface area contributed by atoms with Crippen LogP contribution in [-0.2, 0) is 19.8 Å². The second-order valence-corrected chi connectivity index (χ2v) is 11.3. The number of alkyl halides is 3. The van der Waals surface area contributed by atoms with Crippen molar-refractivity contribution in [1.29, 1.82) is 0 Å². The summed E-state index contributed by atoms with van der Waals surface area (Å²) in [6.45, 7) is 4.47. The van der Waals surface area contributed by atoms with Gasteiger partial charge in [-0.05, 0) is 67.8 Å². The van der Waals surface area contributed by atoms with E-state index in [0.717, 1.165) is 67.3 Å². The number of aryl methyl sites for hydroxylation is 1. The fourth-order valence-electron chi connectivity index (χ4n) is 6.29. The maximum absolute atomic E-state index is 14.3. The summed E-state index contributed by atoms with van der Waals surface area (Å²) in [5, 5.41) is 8.32. The van der Waals surface area contributed by atoms with Gasteiger partial charge in [0.1, 0.15) is 17.7 Å². The molecule has 1 saturated carbocycles. The van der Waals surface area contributed by atoms with Crippen LogP contribution in [0.2, 0.25) is 0 Å². The zero-order valence-corrected chi connectivity index (χ0v) is 22.2. The van der Waals surface area contributed by atoms with Gasteiger partial charge in [-0.15, -0.1) is 10.2 Å². The number of fused-ring (bicyclic) bond motifs is 1. The molecule has 1 saturated heterocycles. The molecule has 0 unspecified atom stereocenters. The Kier molecular flexibility index (Phi) is 6.61.